The number of amides is 2. The fourth-order valence-corrected chi connectivity index (χ4v) is 2.68. The minimum absolute atomic E-state index is 0.0432. The van der Waals surface area contributed by atoms with Crippen LogP contribution in [0.15, 0.2) is 24.3 Å². The lowest BCUT2D eigenvalue weighted by atomic mass is 10.1. The van der Waals surface area contributed by atoms with Crippen molar-refractivity contribution in [1.82, 2.24) is 4.90 Å². The molecule has 0 saturated carbocycles. The van der Waals surface area contributed by atoms with Crippen molar-refractivity contribution in [3.8, 4) is 0 Å². The molecule has 0 radical (unpaired) electrons. The van der Waals surface area contributed by atoms with E-state index in [2.05, 4.69) is 24.4 Å². The Morgan fingerprint density at radius 3 is 2.43 bits per heavy atom. The van der Waals surface area contributed by atoms with Crippen LogP contribution in [0.3, 0.4) is 0 Å². The zero-order valence-corrected chi connectivity index (χ0v) is 13.3. The van der Waals surface area contributed by atoms with Gasteiger partial charge in [0.15, 0.2) is 0 Å². The second-order valence-electron chi connectivity index (χ2n) is 5.89. The molecule has 1 N–H and O–H groups in total. The van der Waals surface area contributed by atoms with E-state index in [0.29, 0.717) is 13.1 Å². The highest BCUT2D eigenvalue weighted by atomic mass is 16.5. The number of ether oxygens (including phenoxy) is 1. The third kappa shape index (κ3) is 4.74. The molecule has 2 atom stereocenters. The number of aryl methyl sites for hydroxylation is 1. The number of hydrogen-bond acceptors (Lipinski definition) is 2. The van der Waals surface area contributed by atoms with E-state index in [0.717, 1.165) is 12.1 Å². The minimum Gasteiger partial charge on any atom is -0.372 e. The van der Waals surface area contributed by atoms with Crippen molar-refractivity contribution in [2.45, 2.75) is 52.2 Å². The summed E-state index contributed by atoms with van der Waals surface area (Å²) in [4.78, 5) is 14.1. The Morgan fingerprint density at radius 2 is 1.86 bits per heavy atom. The van der Waals surface area contributed by atoms with Gasteiger partial charge in [-0.1, -0.05) is 25.5 Å². The molecule has 0 bridgehead atoms. The average Bonchev–Trinajstić information content (AvgIpc) is 2.45. The van der Waals surface area contributed by atoms with Gasteiger partial charge in [-0.15, -0.1) is 0 Å². The number of benzene rings is 1. The fraction of sp³-hybridized carbons (Fsp3) is 0.588. The molecular formula is C17H26N2O2. The Bertz CT molecular complexity index is 448. The summed E-state index contributed by atoms with van der Waals surface area (Å²) in [6, 6.07) is 8.11. The Morgan fingerprint density at radius 1 is 1.24 bits per heavy atom. The molecule has 1 aliphatic rings. The molecule has 2 amide bonds. The van der Waals surface area contributed by atoms with Crippen molar-refractivity contribution in [2.24, 2.45) is 0 Å². The van der Waals surface area contributed by atoms with Gasteiger partial charge < -0.3 is 15.0 Å². The Kier molecular flexibility index (Phi) is 5.62. The van der Waals surface area contributed by atoms with E-state index in [4.69, 9.17) is 4.74 Å². The molecule has 0 unspecified atom stereocenters. The maximum absolute atomic E-state index is 12.3. The lowest BCUT2D eigenvalue weighted by Gasteiger charge is -2.35. The van der Waals surface area contributed by atoms with Crippen molar-refractivity contribution >= 4 is 11.7 Å². The van der Waals surface area contributed by atoms with Crippen LogP contribution in [-0.4, -0.2) is 36.2 Å². The molecule has 0 spiro atoms. The van der Waals surface area contributed by atoms with Crippen LogP contribution in [0.4, 0.5) is 10.5 Å². The summed E-state index contributed by atoms with van der Waals surface area (Å²) in [6.45, 7) is 7.48. The summed E-state index contributed by atoms with van der Waals surface area (Å²) in [5, 5.41) is 2.97. The first-order valence-electron chi connectivity index (χ1n) is 7.88. The second kappa shape index (κ2) is 7.46. The summed E-state index contributed by atoms with van der Waals surface area (Å²) in [7, 11) is 0. The molecule has 4 nitrogen and oxygen atoms in total. The smallest absolute Gasteiger partial charge is 0.322 e. The number of nitrogens with one attached hydrogen (secondary N) is 1. The first kappa shape index (κ1) is 15.8. The summed E-state index contributed by atoms with van der Waals surface area (Å²) in [5.74, 6) is 0. The van der Waals surface area contributed by atoms with Crippen LogP contribution in [-0.2, 0) is 11.2 Å². The maximum atomic E-state index is 12.3. The Labute approximate surface area is 127 Å². The lowest BCUT2D eigenvalue weighted by Crippen LogP contribution is -2.49. The molecule has 2 rings (SSSR count). The van der Waals surface area contributed by atoms with Crippen molar-refractivity contribution in [3.63, 3.8) is 0 Å². The van der Waals surface area contributed by atoms with E-state index >= 15 is 0 Å². The van der Waals surface area contributed by atoms with E-state index in [1.807, 2.05) is 30.9 Å². The lowest BCUT2D eigenvalue weighted by molar-refractivity contribution is -0.0530. The van der Waals surface area contributed by atoms with Crippen molar-refractivity contribution in [1.29, 1.82) is 0 Å². The maximum Gasteiger partial charge on any atom is 0.322 e. The standard InChI is InChI=1S/C17H26N2O2/c1-4-5-6-15-7-9-16(10-8-15)18-17(20)19-11-13(2)21-14(3)12-19/h7-10,13-14H,4-6,11-12H2,1-3H3,(H,18,20)/t13-,14+. The molecule has 0 aromatic heterocycles. The van der Waals surface area contributed by atoms with E-state index in [-0.39, 0.29) is 18.2 Å². The predicted molar refractivity (Wildman–Crippen MR) is 85.7 cm³/mol. The summed E-state index contributed by atoms with van der Waals surface area (Å²) >= 11 is 0. The molecule has 21 heavy (non-hydrogen) atoms. The van der Waals surface area contributed by atoms with E-state index < -0.39 is 0 Å². The zero-order chi connectivity index (χ0) is 15.2. The van der Waals surface area contributed by atoms with Crippen LogP contribution in [0.2, 0.25) is 0 Å². The van der Waals surface area contributed by atoms with Crippen LogP contribution in [0.1, 0.15) is 39.2 Å². The molecular weight excluding hydrogens is 264 g/mol. The highest BCUT2D eigenvalue weighted by Crippen LogP contribution is 2.15. The minimum atomic E-state index is -0.0432. The van der Waals surface area contributed by atoms with Gasteiger partial charge >= 0.3 is 6.03 Å². The van der Waals surface area contributed by atoms with Gasteiger partial charge in [-0.2, -0.15) is 0 Å². The summed E-state index contributed by atoms with van der Waals surface area (Å²) in [5.41, 5.74) is 2.18. The molecule has 1 aromatic carbocycles. The summed E-state index contributed by atoms with van der Waals surface area (Å²) < 4.78 is 5.65. The monoisotopic (exact) mass is 290 g/mol. The molecule has 1 aromatic rings. The summed E-state index contributed by atoms with van der Waals surface area (Å²) in [6.07, 6.45) is 3.69. The van der Waals surface area contributed by atoms with Crippen molar-refractivity contribution in [2.75, 3.05) is 18.4 Å². The van der Waals surface area contributed by atoms with Gasteiger partial charge in [-0.05, 0) is 44.4 Å². The fourth-order valence-electron chi connectivity index (χ4n) is 2.68. The largest absolute Gasteiger partial charge is 0.372 e. The number of rotatable bonds is 4. The number of hydrogen-bond donors (Lipinski definition) is 1. The first-order chi connectivity index (χ1) is 10.1. The number of morpholine rings is 1. The van der Waals surface area contributed by atoms with Crippen LogP contribution >= 0.6 is 0 Å². The van der Waals surface area contributed by atoms with Crippen LogP contribution in [0.5, 0.6) is 0 Å². The molecule has 1 fully saturated rings. The zero-order valence-electron chi connectivity index (χ0n) is 13.3. The van der Waals surface area contributed by atoms with Gasteiger partial charge in [0.1, 0.15) is 0 Å². The van der Waals surface area contributed by atoms with E-state index in [9.17, 15) is 4.79 Å². The van der Waals surface area contributed by atoms with Gasteiger partial charge in [0.25, 0.3) is 0 Å². The SMILES string of the molecule is CCCCc1ccc(NC(=O)N2C[C@@H](C)O[C@@H](C)C2)cc1. The number of urea groups is 1. The molecule has 1 aliphatic heterocycles. The third-order valence-electron chi connectivity index (χ3n) is 3.73. The second-order valence-corrected chi connectivity index (χ2v) is 5.89. The van der Waals surface area contributed by atoms with Crippen LogP contribution < -0.4 is 5.32 Å². The average molecular weight is 290 g/mol. The van der Waals surface area contributed by atoms with Gasteiger partial charge in [-0.3, -0.25) is 0 Å². The Balaban J connectivity index is 1.90. The highest BCUT2D eigenvalue weighted by Gasteiger charge is 2.25. The first-order valence-corrected chi connectivity index (χ1v) is 7.88. The number of carbonyl (C=O) groups excluding carboxylic acids is 1. The number of carbonyl (C=O) groups is 1. The van der Waals surface area contributed by atoms with Gasteiger partial charge in [0.05, 0.1) is 12.2 Å². The van der Waals surface area contributed by atoms with Crippen LogP contribution in [0, 0.1) is 0 Å². The topological polar surface area (TPSA) is 41.6 Å². The molecule has 4 heteroatoms. The molecule has 1 saturated heterocycles. The van der Waals surface area contributed by atoms with E-state index in [1.54, 1.807) is 0 Å². The number of anilines is 1. The normalized spacial score (nSPS) is 22.1. The third-order valence-corrected chi connectivity index (χ3v) is 3.73. The quantitative estimate of drug-likeness (QED) is 0.919. The molecule has 116 valence electrons. The van der Waals surface area contributed by atoms with Crippen LogP contribution in [0.25, 0.3) is 0 Å². The number of unbranched alkanes of at least 4 members (excludes halogenated alkanes) is 1. The van der Waals surface area contributed by atoms with Gasteiger partial charge in [-0.25, -0.2) is 4.79 Å². The van der Waals surface area contributed by atoms with Crippen molar-refractivity contribution < 1.29 is 9.53 Å². The van der Waals surface area contributed by atoms with Crippen molar-refractivity contribution in [3.05, 3.63) is 29.8 Å². The predicted octanol–water partition coefficient (Wildman–Crippen LogP) is 3.67. The molecule has 1 heterocycles. The van der Waals surface area contributed by atoms with Gasteiger partial charge in [0.2, 0.25) is 0 Å². The highest BCUT2D eigenvalue weighted by molar-refractivity contribution is 5.89. The molecule has 0 aliphatic carbocycles. The van der Waals surface area contributed by atoms with E-state index in [1.165, 1.54) is 18.4 Å². The Hall–Kier alpha value is -1.55. The van der Waals surface area contributed by atoms with Gasteiger partial charge in [0, 0.05) is 18.8 Å². The number of nitrogens with zero attached hydrogens (tertiary/aromatic N) is 1.